The van der Waals surface area contributed by atoms with Crippen molar-refractivity contribution in [1.29, 1.82) is 0 Å². The third-order valence-electron chi connectivity index (χ3n) is 1.77. The fourth-order valence-electron chi connectivity index (χ4n) is 1.25. The first-order valence-corrected chi connectivity index (χ1v) is 5.53. The molecule has 1 rings (SSSR count). The van der Waals surface area contributed by atoms with Crippen LogP contribution in [0.25, 0.3) is 0 Å². The van der Waals surface area contributed by atoms with Gasteiger partial charge in [-0.25, -0.2) is 0 Å². The molecule has 0 bridgehead atoms. The molecule has 14 heavy (non-hydrogen) atoms. The van der Waals surface area contributed by atoms with Crippen molar-refractivity contribution in [3.8, 4) is 5.75 Å². The summed E-state index contributed by atoms with van der Waals surface area (Å²) in [6.07, 6.45) is 0.198. The molecule has 0 amide bonds. The van der Waals surface area contributed by atoms with Crippen LogP contribution < -0.4 is 10.1 Å². The number of benzene rings is 1. The molecular weight excluding hydrogens is 242 g/mol. The minimum absolute atomic E-state index is 0.198. The van der Waals surface area contributed by atoms with Crippen molar-refractivity contribution in [2.75, 3.05) is 7.05 Å². The number of hydrogen-bond acceptors (Lipinski definition) is 2. The summed E-state index contributed by atoms with van der Waals surface area (Å²) in [5.74, 6) is 0.942. The summed E-state index contributed by atoms with van der Waals surface area (Å²) in [5.41, 5.74) is 1.18. The van der Waals surface area contributed by atoms with E-state index in [1.165, 1.54) is 5.56 Å². The van der Waals surface area contributed by atoms with Crippen LogP contribution in [0.4, 0.5) is 0 Å². The van der Waals surface area contributed by atoms with Crippen LogP contribution in [0.3, 0.4) is 0 Å². The maximum absolute atomic E-state index is 5.74. The molecule has 0 aliphatic rings. The molecule has 2 nitrogen and oxygen atoms in total. The minimum atomic E-state index is 0.198. The lowest BCUT2D eigenvalue weighted by Crippen LogP contribution is -2.11. The van der Waals surface area contributed by atoms with Crippen molar-refractivity contribution >= 4 is 15.9 Å². The lowest BCUT2D eigenvalue weighted by atomic mass is 10.2. The molecule has 0 atom stereocenters. The maximum atomic E-state index is 5.74. The number of para-hydroxylation sites is 1. The third kappa shape index (κ3) is 3.00. The molecule has 0 unspecified atom stereocenters. The van der Waals surface area contributed by atoms with Gasteiger partial charge in [-0.3, -0.25) is 0 Å². The second kappa shape index (κ2) is 5.37. The monoisotopic (exact) mass is 257 g/mol. The van der Waals surface area contributed by atoms with Gasteiger partial charge in [0.1, 0.15) is 5.75 Å². The van der Waals surface area contributed by atoms with Crippen LogP contribution in [0.15, 0.2) is 22.7 Å². The van der Waals surface area contributed by atoms with Crippen LogP contribution in [0.1, 0.15) is 19.4 Å². The smallest absolute Gasteiger partial charge is 0.138 e. The normalized spacial score (nSPS) is 10.6. The fourth-order valence-corrected chi connectivity index (χ4v) is 1.75. The Morgan fingerprint density at radius 2 is 2.14 bits per heavy atom. The average molecular weight is 258 g/mol. The Morgan fingerprint density at radius 3 is 2.71 bits per heavy atom. The zero-order valence-corrected chi connectivity index (χ0v) is 10.4. The van der Waals surface area contributed by atoms with Crippen LogP contribution in [0, 0.1) is 0 Å². The zero-order chi connectivity index (χ0) is 10.6. The number of hydrogen-bond donors (Lipinski definition) is 1. The first kappa shape index (κ1) is 11.5. The summed E-state index contributed by atoms with van der Waals surface area (Å²) in [6, 6.07) is 6.08. The highest BCUT2D eigenvalue weighted by atomic mass is 79.9. The van der Waals surface area contributed by atoms with Crippen LogP contribution in [-0.2, 0) is 6.54 Å². The summed E-state index contributed by atoms with van der Waals surface area (Å²) in [4.78, 5) is 0. The van der Waals surface area contributed by atoms with E-state index in [2.05, 4.69) is 27.3 Å². The van der Waals surface area contributed by atoms with Crippen LogP contribution >= 0.6 is 15.9 Å². The van der Waals surface area contributed by atoms with Gasteiger partial charge >= 0.3 is 0 Å². The molecule has 0 heterocycles. The molecule has 0 saturated carbocycles. The molecule has 1 N–H and O–H groups in total. The Balaban J connectivity index is 2.96. The van der Waals surface area contributed by atoms with Gasteiger partial charge in [0.05, 0.1) is 10.6 Å². The topological polar surface area (TPSA) is 21.3 Å². The first-order valence-electron chi connectivity index (χ1n) is 4.73. The molecule has 1 aromatic carbocycles. The van der Waals surface area contributed by atoms with Crippen molar-refractivity contribution in [2.24, 2.45) is 0 Å². The first-order chi connectivity index (χ1) is 6.65. The number of nitrogens with one attached hydrogen (secondary N) is 1. The van der Waals surface area contributed by atoms with E-state index in [1.807, 2.05) is 33.0 Å². The lowest BCUT2D eigenvalue weighted by molar-refractivity contribution is 0.238. The largest absolute Gasteiger partial charge is 0.489 e. The van der Waals surface area contributed by atoms with Gasteiger partial charge in [-0.15, -0.1) is 0 Å². The maximum Gasteiger partial charge on any atom is 0.138 e. The molecule has 0 aliphatic heterocycles. The van der Waals surface area contributed by atoms with E-state index >= 15 is 0 Å². The molecule has 0 aromatic heterocycles. The van der Waals surface area contributed by atoms with Gasteiger partial charge in [0.2, 0.25) is 0 Å². The highest BCUT2D eigenvalue weighted by molar-refractivity contribution is 9.10. The standard InChI is InChI=1S/C11H16BrNO/c1-8(2)14-11-9(7-13-3)5-4-6-10(11)12/h4-6,8,13H,7H2,1-3H3. The van der Waals surface area contributed by atoms with E-state index in [1.54, 1.807) is 0 Å². The van der Waals surface area contributed by atoms with E-state index in [9.17, 15) is 0 Å². The Bertz CT molecular complexity index is 299. The van der Waals surface area contributed by atoms with E-state index in [0.717, 1.165) is 16.8 Å². The van der Waals surface area contributed by atoms with E-state index in [0.29, 0.717) is 0 Å². The van der Waals surface area contributed by atoms with Gasteiger partial charge in [0.15, 0.2) is 0 Å². The van der Waals surface area contributed by atoms with E-state index in [-0.39, 0.29) is 6.10 Å². The fraction of sp³-hybridized carbons (Fsp3) is 0.455. The molecule has 0 saturated heterocycles. The Morgan fingerprint density at radius 1 is 1.43 bits per heavy atom. The molecule has 1 aromatic rings. The summed E-state index contributed by atoms with van der Waals surface area (Å²) in [7, 11) is 1.93. The predicted octanol–water partition coefficient (Wildman–Crippen LogP) is 2.96. The van der Waals surface area contributed by atoms with Gasteiger partial charge in [-0.05, 0) is 42.9 Å². The summed E-state index contributed by atoms with van der Waals surface area (Å²) < 4.78 is 6.75. The number of rotatable bonds is 4. The molecule has 0 aliphatic carbocycles. The van der Waals surface area contributed by atoms with Crippen LogP contribution in [0.2, 0.25) is 0 Å². The Labute approximate surface area is 93.8 Å². The highest BCUT2D eigenvalue weighted by Gasteiger charge is 2.08. The van der Waals surface area contributed by atoms with Crippen molar-refractivity contribution in [3.63, 3.8) is 0 Å². The average Bonchev–Trinajstić information content (AvgIpc) is 2.11. The van der Waals surface area contributed by atoms with Crippen LogP contribution in [-0.4, -0.2) is 13.2 Å². The van der Waals surface area contributed by atoms with Gasteiger partial charge < -0.3 is 10.1 Å². The van der Waals surface area contributed by atoms with Crippen LogP contribution in [0.5, 0.6) is 5.75 Å². The molecule has 0 spiro atoms. The SMILES string of the molecule is CNCc1cccc(Br)c1OC(C)C. The van der Waals surface area contributed by atoms with E-state index < -0.39 is 0 Å². The second-order valence-corrected chi connectivity index (χ2v) is 4.28. The molecule has 0 radical (unpaired) electrons. The van der Waals surface area contributed by atoms with E-state index in [4.69, 9.17) is 4.74 Å². The zero-order valence-electron chi connectivity index (χ0n) is 8.80. The molecule has 0 fully saturated rings. The molecule has 78 valence electrons. The van der Waals surface area contributed by atoms with Crippen molar-refractivity contribution in [2.45, 2.75) is 26.5 Å². The summed E-state index contributed by atoms with van der Waals surface area (Å²) in [5, 5.41) is 3.12. The lowest BCUT2D eigenvalue weighted by Gasteiger charge is -2.15. The van der Waals surface area contributed by atoms with Gasteiger partial charge in [-0.2, -0.15) is 0 Å². The minimum Gasteiger partial charge on any atom is -0.489 e. The second-order valence-electron chi connectivity index (χ2n) is 3.43. The molecule has 3 heteroatoms. The number of halogens is 1. The third-order valence-corrected chi connectivity index (χ3v) is 2.39. The highest BCUT2D eigenvalue weighted by Crippen LogP contribution is 2.29. The van der Waals surface area contributed by atoms with Crippen molar-refractivity contribution in [3.05, 3.63) is 28.2 Å². The predicted molar refractivity (Wildman–Crippen MR) is 62.7 cm³/mol. The molecular formula is C11H16BrNO. The van der Waals surface area contributed by atoms with Crippen molar-refractivity contribution in [1.82, 2.24) is 5.32 Å². The summed E-state index contributed by atoms with van der Waals surface area (Å²) in [6.45, 7) is 4.88. The van der Waals surface area contributed by atoms with Crippen molar-refractivity contribution < 1.29 is 4.74 Å². The van der Waals surface area contributed by atoms with Gasteiger partial charge in [-0.1, -0.05) is 12.1 Å². The van der Waals surface area contributed by atoms with Gasteiger partial charge in [0, 0.05) is 12.1 Å². The Hall–Kier alpha value is -0.540. The quantitative estimate of drug-likeness (QED) is 0.896. The Kier molecular flexibility index (Phi) is 4.42. The number of ether oxygens (including phenoxy) is 1. The van der Waals surface area contributed by atoms with Gasteiger partial charge in [0.25, 0.3) is 0 Å². The summed E-state index contributed by atoms with van der Waals surface area (Å²) >= 11 is 3.49.